The first-order valence-electron chi connectivity index (χ1n) is 4.99. The molecule has 0 saturated carbocycles. The maximum absolute atomic E-state index is 3.47. The van der Waals surface area contributed by atoms with Crippen molar-refractivity contribution in [3.63, 3.8) is 0 Å². The molecule has 1 nitrogen and oxygen atoms in total. The Hall–Kier alpha value is -0.340. The van der Waals surface area contributed by atoms with Gasteiger partial charge in [0.1, 0.15) is 0 Å². The van der Waals surface area contributed by atoms with Gasteiger partial charge in [-0.15, -0.1) is 0 Å². The smallest absolute Gasteiger partial charge is 0.0211 e. The number of hydrogen-bond acceptors (Lipinski definition) is 1. The van der Waals surface area contributed by atoms with E-state index in [1.807, 2.05) is 0 Å². The largest absolute Gasteiger partial charge is 0.309 e. The van der Waals surface area contributed by atoms with Crippen LogP contribution in [-0.4, -0.2) is 11.4 Å². The molecule has 78 valence electrons. The lowest BCUT2D eigenvalue weighted by Crippen LogP contribution is -2.26. The molecule has 1 rings (SSSR count). The molecule has 0 aromatic heterocycles. The van der Waals surface area contributed by atoms with Gasteiger partial charge in [0.05, 0.1) is 0 Å². The maximum Gasteiger partial charge on any atom is 0.0211 e. The lowest BCUT2D eigenvalue weighted by Gasteiger charge is -2.12. The Balaban J connectivity index is 2.62. The molecule has 0 fully saturated rings. The zero-order valence-corrected chi connectivity index (χ0v) is 10.7. The highest BCUT2D eigenvalue weighted by molar-refractivity contribution is 9.09. The number of aryl methyl sites for hydroxylation is 2. The number of hydrogen-bond donors (Lipinski definition) is 1. The number of alkyl halides is 1. The van der Waals surface area contributed by atoms with Crippen molar-refractivity contribution in [1.29, 1.82) is 0 Å². The Bertz CT molecular complexity index is 296. The van der Waals surface area contributed by atoms with E-state index in [9.17, 15) is 0 Å². The summed E-state index contributed by atoms with van der Waals surface area (Å²) < 4.78 is 0. The molecule has 0 amide bonds. The number of nitrogens with one attached hydrogen (secondary N) is 1. The minimum atomic E-state index is 0.523. The van der Waals surface area contributed by atoms with Crippen molar-refractivity contribution in [3.8, 4) is 0 Å². The summed E-state index contributed by atoms with van der Waals surface area (Å²) in [4.78, 5) is 0. The van der Waals surface area contributed by atoms with Gasteiger partial charge in [-0.3, -0.25) is 0 Å². The van der Waals surface area contributed by atoms with Gasteiger partial charge >= 0.3 is 0 Å². The van der Waals surface area contributed by atoms with Crippen molar-refractivity contribution < 1.29 is 0 Å². The fraction of sp³-hybridized carbons (Fsp3) is 0.500. The minimum Gasteiger partial charge on any atom is -0.309 e. The maximum atomic E-state index is 3.47. The highest BCUT2D eigenvalue weighted by Gasteiger charge is 2.01. The van der Waals surface area contributed by atoms with Crippen LogP contribution in [-0.2, 0) is 6.54 Å². The summed E-state index contributed by atoms with van der Waals surface area (Å²) in [6, 6.07) is 7.12. The second-order valence-electron chi connectivity index (χ2n) is 3.87. The van der Waals surface area contributed by atoms with Crippen LogP contribution in [0.15, 0.2) is 18.2 Å². The van der Waals surface area contributed by atoms with Gasteiger partial charge in [0.15, 0.2) is 0 Å². The van der Waals surface area contributed by atoms with Crippen molar-refractivity contribution in [2.45, 2.75) is 33.4 Å². The second-order valence-corrected chi connectivity index (χ2v) is 4.51. The van der Waals surface area contributed by atoms with Gasteiger partial charge in [0, 0.05) is 17.9 Å². The van der Waals surface area contributed by atoms with Gasteiger partial charge in [-0.25, -0.2) is 0 Å². The molecule has 1 N–H and O–H groups in total. The van der Waals surface area contributed by atoms with Gasteiger partial charge in [0.2, 0.25) is 0 Å². The molecule has 1 aromatic rings. The van der Waals surface area contributed by atoms with Crippen molar-refractivity contribution in [1.82, 2.24) is 5.32 Å². The third-order valence-corrected chi connectivity index (χ3v) is 3.35. The summed E-state index contributed by atoms with van der Waals surface area (Å²) in [5, 5.41) is 4.47. The molecule has 0 aliphatic carbocycles. The predicted molar refractivity (Wildman–Crippen MR) is 66.0 cm³/mol. The molecule has 0 heterocycles. The molecule has 0 aliphatic heterocycles. The van der Waals surface area contributed by atoms with Crippen LogP contribution in [0.25, 0.3) is 0 Å². The Morgan fingerprint density at radius 1 is 1.36 bits per heavy atom. The van der Waals surface area contributed by atoms with Gasteiger partial charge in [-0.1, -0.05) is 39.7 Å². The van der Waals surface area contributed by atoms with Crippen LogP contribution in [0.4, 0.5) is 0 Å². The molecule has 2 heteroatoms. The normalized spacial score (nSPS) is 12.9. The Labute approximate surface area is 95.0 Å². The molecular weight excluding hydrogens is 238 g/mol. The summed E-state index contributed by atoms with van der Waals surface area (Å²) in [6.07, 6.45) is 0. The van der Waals surface area contributed by atoms with Crippen LogP contribution in [0.5, 0.6) is 0 Å². The molecule has 0 bridgehead atoms. The van der Waals surface area contributed by atoms with E-state index in [0.717, 1.165) is 11.9 Å². The first-order chi connectivity index (χ1) is 6.63. The van der Waals surface area contributed by atoms with Crippen molar-refractivity contribution >= 4 is 15.9 Å². The molecule has 1 unspecified atom stereocenters. The SMILES string of the molecule is Cc1ccc(C)c(CNC(C)CBr)c1. The van der Waals surface area contributed by atoms with Gasteiger partial charge < -0.3 is 5.32 Å². The Kier molecular flexibility index (Phi) is 4.63. The van der Waals surface area contributed by atoms with E-state index in [2.05, 4.69) is 60.2 Å². The first-order valence-corrected chi connectivity index (χ1v) is 6.11. The van der Waals surface area contributed by atoms with Crippen LogP contribution in [0.2, 0.25) is 0 Å². The third-order valence-electron chi connectivity index (χ3n) is 2.38. The van der Waals surface area contributed by atoms with E-state index in [1.165, 1.54) is 16.7 Å². The molecule has 0 saturated heterocycles. The summed E-state index contributed by atoms with van der Waals surface area (Å²) in [7, 11) is 0. The number of halogens is 1. The van der Waals surface area contributed by atoms with E-state index < -0.39 is 0 Å². The van der Waals surface area contributed by atoms with E-state index in [0.29, 0.717) is 6.04 Å². The topological polar surface area (TPSA) is 12.0 Å². The van der Waals surface area contributed by atoms with Gasteiger partial charge in [-0.05, 0) is 31.9 Å². The van der Waals surface area contributed by atoms with Gasteiger partial charge in [0.25, 0.3) is 0 Å². The van der Waals surface area contributed by atoms with Gasteiger partial charge in [-0.2, -0.15) is 0 Å². The van der Waals surface area contributed by atoms with Crippen LogP contribution in [0, 0.1) is 13.8 Å². The summed E-state index contributed by atoms with van der Waals surface area (Å²) in [5.41, 5.74) is 4.10. The number of benzene rings is 1. The van der Waals surface area contributed by atoms with E-state index in [1.54, 1.807) is 0 Å². The summed E-state index contributed by atoms with van der Waals surface area (Å²) in [6.45, 7) is 7.44. The van der Waals surface area contributed by atoms with Crippen LogP contribution >= 0.6 is 15.9 Å². The van der Waals surface area contributed by atoms with Crippen LogP contribution in [0.3, 0.4) is 0 Å². The molecule has 1 atom stereocenters. The van der Waals surface area contributed by atoms with E-state index in [4.69, 9.17) is 0 Å². The van der Waals surface area contributed by atoms with Crippen molar-refractivity contribution in [2.24, 2.45) is 0 Å². The zero-order chi connectivity index (χ0) is 10.6. The fourth-order valence-corrected chi connectivity index (χ4v) is 1.56. The van der Waals surface area contributed by atoms with Crippen LogP contribution in [0.1, 0.15) is 23.6 Å². The molecule has 0 radical (unpaired) electrons. The fourth-order valence-electron chi connectivity index (χ4n) is 1.33. The number of rotatable bonds is 4. The quantitative estimate of drug-likeness (QED) is 0.816. The molecule has 0 aliphatic rings. The average molecular weight is 256 g/mol. The highest BCUT2D eigenvalue weighted by Crippen LogP contribution is 2.10. The minimum absolute atomic E-state index is 0.523. The first kappa shape index (κ1) is 11.7. The Morgan fingerprint density at radius 3 is 2.71 bits per heavy atom. The zero-order valence-electron chi connectivity index (χ0n) is 9.10. The predicted octanol–water partition coefficient (Wildman–Crippen LogP) is 3.18. The molecular formula is C12H18BrN. The third kappa shape index (κ3) is 3.43. The highest BCUT2D eigenvalue weighted by atomic mass is 79.9. The molecule has 1 aromatic carbocycles. The van der Waals surface area contributed by atoms with E-state index >= 15 is 0 Å². The summed E-state index contributed by atoms with van der Waals surface area (Å²) in [5.74, 6) is 0. The lowest BCUT2D eigenvalue weighted by molar-refractivity contribution is 0.597. The Morgan fingerprint density at radius 2 is 2.07 bits per heavy atom. The monoisotopic (exact) mass is 255 g/mol. The van der Waals surface area contributed by atoms with Crippen molar-refractivity contribution in [3.05, 3.63) is 34.9 Å². The van der Waals surface area contributed by atoms with Crippen molar-refractivity contribution in [2.75, 3.05) is 5.33 Å². The lowest BCUT2D eigenvalue weighted by atomic mass is 10.1. The standard InChI is InChI=1S/C12H18BrN/c1-9-4-5-10(2)12(6-9)8-14-11(3)7-13/h4-6,11,14H,7-8H2,1-3H3. The molecule has 14 heavy (non-hydrogen) atoms. The average Bonchev–Trinajstić information content (AvgIpc) is 2.19. The van der Waals surface area contributed by atoms with E-state index in [-0.39, 0.29) is 0 Å². The van der Waals surface area contributed by atoms with Crippen LogP contribution < -0.4 is 5.32 Å². The molecule has 0 spiro atoms. The second kappa shape index (κ2) is 5.52. The summed E-state index contributed by atoms with van der Waals surface area (Å²) >= 11 is 3.46.